The summed E-state index contributed by atoms with van der Waals surface area (Å²) in [6, 6.07) is 18.6. The maximum absolute atomic E-state index is 12.2. The Bertz CT molecular complexity index is 1070. The number of carbonyl (C=O) groups is 1. The highest BCUT2D eigenvalue weighted by Crippen LogP contribution is 2.34. The van der Waals surface area contributed by atoms with E-state index in [2.05, 4.69) is 32.9 Å². The number of hydrogen-bond acceptors (Lipinski definition) is 4. The second-order valence-corrected chi connectivity index (χ2v) is 7.95. The lowest BCUT2D eigenvalue weighted by Gasteiger charge is -2.13. The molecular weight excluding hydrogens is 515 g/mol. The number of carbonyl (C=O) groups excluding carboxylic acids is 1. The van der Waals surface area contributed by atoms with E-state index in [1.54, 1.807) is 13.3 Å². The Hall–Kier alpha value is -2.58. The number of para-hydroxylation sites is 1. The van der Waals surface area contributed by atoms with Crippen LogP contribution in [-0.4, -0.2) is 25.8 Å². The first-order valence-electron chi connectivity index (χ1n) is 9.12. The zero-order valence-electron chi connectivity index (χ0n) is 16.5. The summed E-state index contributed by atoms with van der Waals surface area (Å²) < 4.78 is 12.0. The van der Waals surface area contributed by atoms with E-state index in [1.807, 2.05) is 67.6 Å². The van der Waals surface area contributed by atoms with Crippen molar-refractivity contribution in [2.75, 3.05) is 19.0 Å². The topological polar surface area (TPSA) is 59.9 Å². The number of methoxy groups -OCH3 is 1. The van der Waals surface area contributed by atoms with E-state index in [-0.39, 0.29) is 12.5 Å². The Morgan fingerprint density at radius 1 is 1.17 bits per heavy atom. The molecule has 0 fully saturated rings. The van der Waals surface area contributed by atoms with Crippen LogP contribution in [0.2, 0.25) is 5.02 Å². The first-order chi connectivity index (χ1) is 14.5. The maximum Gasteiger partial charge on any atom is 0.262 e. The van der Waals surface area contributed by atoms with Gasteiger partial charge in [0.25, 0.3) is 5.91 Å². The lowest BCUT2D eigenvalue weighted by atomic mass is 10.2. The Labute approximate surface area is 194 Å². The first-order valence-corrected chi connectivity index (χ1v) is 10.6. The zero-order valence-corrected chi connectivity index (χ0v) is 19.4. The molecule has 0 unspecified atom stereocenters. The Kier molecular flexibility index (Phi) is 7.70. The van der Waals surface area contributed by atoms with Gasteiger partial charge in [0.2, 0.25) is 0 Å². The molecule has 0 aromatic heterocycles. The van der Waals surface area contributed by atoms with Crippen molar-refractivity contribution in [2.24, 2.45) is 4.99 Å². The van der Waals surface area contributed by atoms with Crippen LogP contribution in [0.1, 0.15) is 11.1 Å². The lowest BCUT2D eigenvalue weighted by Crippen LogP contribution is -2.20. The van der Waals surface area contributed by atoms with Gasteiger partial charge < -0.3 is 14.8 Å². The standard InChI is InChI=1S/C23H20ClIN2O3/c1-15-18(24)9-6-10-20(15)26-13-16-11-19(25)23(21(12-16)29-2)30-14-22(28)27-17-7-4-3-5-8-17/h3-13H,14H2,1-2H3,(H,27,28). The molecule has 5 nitrogen and oxygen atoms in total. The maximum atomic E-state index is 12.2. The average molecular weight is 535 g/mol. The molecule has 0 aliphatic carbocycles. The molecule has 3 aromatic carbocycles. The van der Waals surface area contributed by atoms with E-state index in [4.69, 9.17) is 21.1 Å². The molecule has 7 heteroatoms. The highest BCUT2D eigenvalue weighted by Gasteiger charge is 2.13. The third-order valence-corrected chi connectivity index (χ3v) is 5.46. The molecule has 0 bridgehead atoms. The first kappa shape index (κ1) is 22.1. The largest absolute Gasteiger partial charge is 0.493 e. The van der Waals surface area contributed by atoms with E-state index in [1.165, 1.54) is 0 Å². The number of hydrogen-bond donors (Lipinski definition) is 1. The molecule has 0 heterocycles. The average Bonchev–Trinajstić information content (AvgIpc) is 2.74. The van der Waals surface area contributed by atoms with Gasteiger partial charge in [0.15, 0.2) is 18.1 Å². The van der Waals surface area contributed by atoms with Gasteiger partial charge in [-0.1, -0.05) is 35.9 Å². The molecule has 30 heavy (non-hydrogen) atoms. The Morgan fingerprint density at radius 3 is 2.67 bits per heavy atom. The smallest absolute Gasteiger partial charge is 0.262 e. The van der Waals surface area contributed by atoms with Crippen LogP contribution < -0.4 is 14.8 Å². The fourth-order valence-electron chi connectivity index (χ4n) is 2.69. The molecule has 0 atom stereocenters. The van der Waals surface area contributed by atoms with Gasteiger partial charge in [-0.2, -0.15) is 0 Å². The molecule has 154 valence electrons. The molecule has 3 aromatic rings. The number of aliphatic imine (C=N–C) groups is 1. The number of nitrogens with one attached hydrogen (secondary N) is 1. The van der Waals surface area contributed by atoms with Crippen LogP contribution >= 0.6 is 34.2 Å². The summed E-state index contributed by atoms with van der Waals surface area (Å²) in [5.41, 5.74) is 3.28. The third kappa shape index (κ3) is 5.73. The number of halogens is 2. The predicted octanol–water partition coefficient (Wildman–Crippen LogP) is 6.03. The van der Waals surface area contributed by atoms with E-state index < -0.39 is 0 Å². The van der Waals surface area contributed by atoms with Crippen LogP contribution in [0.15, 0.2) is 65.7 Å². The predicted molar refractivity (Wildman–Crippen MR) is 130 cm³/mol. The summed E-state index contributed by atoms with van der Waals surface area (Å²) in [6.07, 6.45) is 1.75. The molecule has 0 saturated heterocycles. The zero-order chi connectivity index (χ0) is 21.5. The molecule has 0 aliphatic heterocycles. The minimum atomic E-state index is -0.249. The molecule has 1 N–H and O–H groups in total. The minimum Gasteiger partial charge on any atom is -0.493 e. The molecule has 0 radical (unpaired) electrons. The Morgan fingerprint density at radius 2 is 1.93 bits per heavy atom. The quantitative estimate of drug-likeness (QED) is 0.297. The van der Waals surface area contributed by atoms with Crippen molar-refractivity contribution in [3.63, 3.8) is 0 Å². The molecule has 1 amide bonds. The minimum absolute atomic E-state index is 0.129. The fourth-order valence-corrected chi connectivity index (χ4v) is 3.64. The highest BCUT2D eigenvalue weighted by atomic mass is 127. The lowest BCUT2D eigenvalue weighted by molar-refractivity contribution is -0.118. The van der Waals surface area contributed by atoms with Crippen molar-refractivity contribution >= 4 is 57.7 Å². The normalized spacial score (nSPS) is 10.8. The van der Waals surface area contributed by atoms with Gasteiger partial charge in [0.1, 0.15) is 0 Å². The van der Waals surface area contributed by atoms with Crippen molar-refractivity contribution in [3.05, 3.63) is 80.4 Å². The van der Waals surface area contributed by atoms with Crippen LogP contribution in [0, 0.1) is 10.5 Å². The number of anilines is 1. The summed E-state index contributed by atoms with van der Waals surface area (Å²) in [5, 5.41) is 3.46. The second-order valence-electron chi connectivity index (χ2n) is 6.38. The van der Waals surface area contributed by atoms with Gasteiger partial charge in [0, 0.05) is 16.9 Å². The van der Waals surface area contributed by atoms with Gasteiger partial charge in [-0.25, -0.2) is 0 Å². The van der Waals surface area contributed by atoms with E-state index in [0.29, 0.717) is 16.5 Å². The second kappa shape index (κ2) is 10.4. The van der Waals surface area contributed by atoms with Crippen LogP contribution in [0.25, 0.3) is 0 Å². The van der Waals surface area contributed by atoms with E-state index in [0.717, 1.165) is 26.1 Å². The fraction of sp³-hybridized carbons (Fsp3) is 0.130. The van der Waals surface area contributed by atoms with Crippen molar-refractivity contribution in [2.45, 2.75) is 6.92 Å². The molecule has 0 spiro atoms. The van der Waals surface area contributed by atoms with Crippen molar-refractivity contribution in [3.8, 4) is 11.5 Å². The summed E-state index contributed by atoms with van der Waals surface area (Å²) in [5.74, 6) is 0.789. The van der Waals surface area contributed by atoms with Gasteiger partial charge in [-0.05, 0) is 77.0 Å². The monoisotopic (exact) mass is 534 g/mol. The van der Waals surface area contributed by atoms with Gasteiger partial charge >= 0.3 is 0 Å². The van der Waals surface area contributed by atoms with Crippen LogP contribution in [0.4, 0.5) is 11.4 Å². The van der Waals surface area contributed by atoms with Crippen LogP contribution in [-0.2, 0) is 4.79 Å². The summed E-state index contributed by atoms with van der Waals surface area (Å²) in [7, 11) is 1.56. The summed E-state index contributed by atoms with van der Waals surface area (Å²) >= 11 is 8.31. The number of benzene rings is 3. The van der Waals surface area contributed by atoms with Crippen molar-refractivity contribution in [1.82, 2.24) is 0 Å². The number of nitrogens with zero attached hydrogens (tertiary/aromatic N) is 1. The van der Waals surface area contributed by atoms with E-state index in [9.17, 15) is 4.79 Å². The van der Waals surface area contributed by atoms with Gasteiger partial charge in [-0.15, -0.1) is 0 Å². The van der Waals surface area contributed by atoms with E-state index >= 15 is 0 Å². The SMILES string of the molecule is COc1cc(C=Nc2cccc(Cl)c2C)cc(I)c1OCC(=O)Nc1ccccc1. The number of amides is 1. The summed E-state index contributed by atoms with van der Waals surface area (Å²) in [6.45, 7) is 1.80. The van der Waals surface area contributed by atoms with Crippen LogP contribution in [0.3, 0.4) is 0 Å². The highest BCUT2D eigenvalue weighted by molar-refractivity contribution is 14.1. The van der Waals surface area contributed by atoms with Crippen LogP contribution in [0.5, 0.6) is 11.5 Å². The van der Waals surface area contributed by atoms with Crippen molar-refractivity contribution < 1.29 is 14.3 Å². The van der Waals surface area contributed by atoms with Gasteiger partial charge in [0.05, 0.1) is 16.4 Å². The molecular formula is C23H20ClIN2O3. The summed E-state index contributed by atoms with van der Waals surface area (Å²) in [4.78, 5) is 16.7. The van der Waals surface area contributed by atoms with Gasteiger partial charge in [-0.3, -0.25) is 9.79 Å². The molecule has 0 saturated carbocycles. The molecule has 3 rings (SSSR count). The molecule has 0 aliphatic rings. The third-order valence-electron chi connectivity index (χ3n) is 4.25. The number of rotatable bonds is 7. The van der Waals surface area contributed by atoms with Crippen molar-refractivity contribution in [1.29, 1.82) is 0 Å². The Balaban J connectivity index is 1.73. The number of ether oxygens (including phenoxy) is 2.